The maximum absolute atomic E-state index is 12.3. The van der Waals surface area contributed by atoms with Gasteiger partial charge in [-0.2, -0.15) is 0 Å². The van der Waals surface area contributed by atoms with Crippen LogP contribution in [0.1, 0.15) is 53.4 Å². The number of carbonyl (C=O) groups excluding carboxylic acids is 1. The number of piperidine rings is 1. The molecule has 0 saturated carbocycles. The van der Waals surface area contributed by atoms with Crippen molar-refractivity contribution in [3.05, 3.63) is 0 Å². The molecule has 6 nitrogen and oxygen atoms in total. The Kier molecular flexibility index (Phi) is 5.61. The molecule has 1 fully saturated rings. The zero-order valence-electron chi connectivity index (χ0n) is 13.5. The number of carbonyl (C=O) groups is 2. The molecule has 1 aliphatic rings. The van der Waals surface area contributed by atoms with Gasteiger partial charge in [-0.05, 0) is 31.6 Å². The van der Waals surface area contributed by atoms with E-state index in [1.54, 1.807) is 11.8 Å². The Morgan fingerprint density at radius 3 is 2.48 bits per heavy atom. The lowest BCUT2D eigenvalue weighted by atomic mass is 9.87. The maximum atomic E-state index is 12.3. The number of β-amino-alcohol motifs (C(OH)–C–C–N with tert-alkyl or cyclic N) is 1. The summed E-state index contributed by atoms with van der Waals surface area (Å²) in [6.45, 7) is 8.64. The third-order valence-corrected chi connectivity index (χ3v) is 3.57. The Hall–Kier alpha value is -1.30. The maximum Gasteiger partial charge on any atom is 0.317 e. The Bertz CT molecular complexity index is 388. The van der Waals surface area contributed by atoms with Crippen molar-refractivity contribution < 1.29 is 19.8 Å². The van der Waals surface area contributed by atoms with Crippen molar-refractivity contribution in [1.82, 2.24) is 10.2 Å². The minimum atomic E-state index is -0.921. The fourth-order valence-electron chi connectivity index (χ4n) is 2.78. The first-order valence-electron chi connectivity index (χ1n) is 7.48. The summed E-state index contributed by atoms with van der Waals surface area (Å²) in [6, 6.07) is -0.688. The van der Waals surface area contributed by atoms with Crippen molar-refractivity contribution in [3.63, 3.8) is 0 Å². The summed E-state index contributed by atoms with van der Waals surface area (Å²) in [5.74, 6) is -0.921. The van der Waals surface area contributed by atoms with E-state index >= 15 is 0 Å². The van der Waals surface area contributed by atoms with Crippen LogP contribution in [0.3, 0.4) is 0 Å². The number of carboxylic acids is 1. The van der Waals surface area contributed by atoms with Crippen LogP contribution in [0.5, 0.6) is 0 Å². The fourth-order valence-corrected chi connectivity index (χ4v) is 2.78. The third kappa shape index (κ3) is 6.80. The van der Waals surface area contributed by atoms with E-state index in [0.29, 0.717) is 19.4 Å². The van der Waals surface area contributed by atoms with Crippen LogP contribution in [-0.4, -0.2) is 51.8 Å². The molecule has 1 aliphatic heterocycles. The minimum Gasteiger partial charge on any atom is -0.481 e. The van der Waals surface area contributed by atoms with Gasteiger partial charge in [-0.3, -0.25) is 4.79 Å². The monoisotopic (exact) mass is 300 g/mol. The lowest BCUT2D eigenvalue weighted by Gasteiger charge is -2.38. The number of carboxylic acid groups (broad SMARTS) is 1. The molecule has 0 spiro atoms. The lowest BCUT2D eigenvalue weighted by molar-refractivity contribution is -0.137. The molecule has 2 atom stereocenters. The van der Waals surface area contributed by atoms with E-state index in [1.165, 1.54) is 0 Å². The van der Waals surface area contributed by atoms with Crippen molar-refractivity contribution in [2.75, 3.05) is 13.1 Å². The topological polar surface area (TPSA) is 89.9 Å². The number of nitrogens with one attached hydrogen (secondary N) is 1. The quantitative estimate of drug-likeness (QED) is 0.739. The molecule has 122 valence electrons. The van der Waals surface area contributed by atoms with E-state index in [2.05, 4.69) is 5.32 Å². The second kappa shape index (κ2) is 6.64. The minimum absolute atomic E-state index is 0.0687. The molecule has 21 heavy (non-hydrogen) atoms. The normalized spacial score (nSPS) is 24.5. The molecule has 2 amide bonds. The zero-order chi connectivity index (χ0) is 16.3. The van der Waals surface area contributed by atoms with Gasteiger partial charge in [-0.25, -0.2) is 4.79 Å². The van der Waals surface area contributed by atoms with Crippen LogP contribution in [0, 0.1) is 5.41 Å². The van der Waals surface area contributed by atoms with Crippen LogP contribution < -0.4 is 5.32 Å². The molecule has 0 aromatic carbocycles. The van der Waals surface area contributed by atoms with Crippen LogP contribution in [0.15, 0.2) is 0 Å². The molecule has 0 aromatic rings. The van der Waals surface area contributed by atoms with E-state index in [4.69, 9.17) is 5.11 Å². The van der Waals surface area contributed by atoms with Crippen molar-refractivity contribution >= 4 is 12.0 Å². The van der Waals surface area contributed by atoms with E-state index in [9.17, 15) is 14.7 Å². The number of amides is 2. The van der Waals surface area contributed by atoms with Gasteiger partial charge in [0.1, 0.15) is 0 Å². The number of aliphatic hydroxyl groups is 1. The number of nitrogens with zero attached hydrogens (tertiary/aromatic N) is 1. The average molecular weight is 300 g/mol. The number of rotatable bonds is 4. The summed E-state index contributed by atoms with van der Waals surface area (Å²) in [6.07, 6.45) is 1.93. The van der Waals surface area contributed by atoms with Crippen LogP contribution in [0.25, 0.3) is 0 Å². The molecule has 1 saturated heterocycles. The molecule has 0 bridgehead atoms. The number of urea groups is 1. The molecule has 0 aliphatic carbocycles. The summed E-state index contributed by atoms with van der Waals surface area (Å²) < 4.78 is 0. The van der Waals surface area contributed by atoms with Gasteiger partial charge < -0.3 is 20.4 Å². The summed E-state index contributed by atoms with van der Waals surface area (Å²) in [4.78, 5) is 24.8. The van der Waals surface area contributed by atoms with E-state index in [-0.39, 0.29) is 24.4 Å². The highest BCUT2D eigenvalue weighted by atomic mass is 16.4. The van der Waals surface area contributed by atoms with E-state index < -0.39 is 17.6 Å². The second-order valence-corrected chi connectivity index (χ2v) is 7.53. The standard InChI is InChI=1S/C15H28N2O4/c1-14(2,3)9-11(8-12(18)19)16-13(20)17-7-5-6-15(4,21)10-17/h11,21H,5-10H2,1-4H3,(H,16,20)(H,18,19). The van der Waals surface area contributed by atoms with Gasteiger partial charge in [0.05, 0.1) is 18.6 Å². The number of likely N-dealkylation sites (tertiary alicyclic amines) is 1. The van der Waals surface area contributed by atoms with Gasteiger partial charge in [-0.15, -0.1) is 0 Å². The Morgan fingerprint density at radius 2 is 2.00 bits per heavy atom. The van der Waals surface area contributed by atoms with Gasteiger partial charge >= 0.3 is 12.0 Å². The van der Waals surface area contributed by atoms with Crippen molar-refractivity contribution in [1.29, 1.82) is 0 Å². The fraction of sp³-hybridized carbons (Fsp3) is 0.867. The highest BCUT2D eigenvalue weighted by Crippen LogP contribution is 2.23. The summed E-state index contributed by atoms with van der Waals surface area (Å²) in [7, 11) is 0. The highest BCUT2D eigenvalue weighted by molar-refractivity contribution is 5.76. The number of hydrogen-bond acceptors (Lipinski definition) is 3. The van der Waals surface area contributed by atoms with E-state index in [0.717, 1.165) is 6.42 Å². The van der Waals surface area contributed by atoms with Crippen molar-refractivity contribution in [3.8, 4) is 0 Å². The lowest BCUT2D eigenvalue weighted by Crippen LogP contribution is -2.54. The Balaban J connectivity index is 2.64. The van der Waals surface area contributed by atoms with E-state index in [1.807, 2.05) is 20.8 Å². The van der Waals surface area contributed by atoms with Crippen LogP contribution in [0.4, 0.5) is 4.79 Å². The first-order chi connectivity index (χ1) is 9.48. The van der Waals surface area contributed by atoms with Crippen LogP contribution >= 0.6 is 0 Å². The highest BCUT2D eigenvalue weighted by Gasteiger charge is 2.32. The largest absolute Gasteiger partial charge is 0.481 e. The van der Waals surface area contributed by atoms with Crippen molar-refractivity contribution in [2.45, 2.75) is 65.0 Å². The summed E-state index contributed by atoms with van der Waals surface area (Å²) >= 11 is 0. The van der Waals surface area contributed by atoms with Gasteiger partial charge in [0.25, 0.3) is 0 Å². The molecule has 6 heteroatoms. The van der Waals surface area contributed by atoms with Gasteiger partial charge in [0, 0.05) is 12.6 Å². The Labute approximate surface area is 126 Å². The smallest absolute Gasteiger partial charge is 0.317 e. The predicted molar refractivity (Wildman–Crippen MR) is 80.1 cm³/mol. The molecular weight excluding hydrogens is 272 g/mol. The molecule has 0 aromatic heterocycles. The van der Waals surface area contributed by atoms with Crippen molar-refractivity contribution in [2.24, 2.45) is 5.41 Å². The SMILES string of the molecule is CC(C)(C)CC(CC(=O)O)NC(=O)N1CCCC(C)(O)C1. The first kappa shape index (κ1) is 17.8. The average Bonchev–Trinajstić information content (AvgIpc) is 2.23. The molecule has 1 heterocycles. The molecular formula is C15H28N2O4. The number of aliphatic carboxylic acids is 1. The Morgan fingerprint density at radius 1 is 1.38 bits per heavy atom. The van der Waals surface area contributed by atoms with Gasteiger partial charge in [0.15, 0.2) is 0 Å². The molecule has 3 N–H and O–H groups in total. The van der Waals surface area contributed by atoms with Gasteiger partial charge in [0.2, 0.25) is 0 Å². The number of hydrogen-bond donors (Lipinski definition) is 3. The van der Waals surface area contributed by atoms with Gasteiger partial charge in [-0.1, -0.05) is 20.8 Å². The summed E-state index contributed by atoms with van der Waals surface area (Å²) in [5.41, 5.74) is -0.928. The molecule has 2 unspecified atom stereocenters. The first-order valence-corrected chi connectivity index (χ1v) is 7.48. The summed E-state index contributed by atoms with van der Waals surface area (Å²) in [5, 5.41) is 21.8. The third-order valence-electron chi connectivity index (χ3n) is 3.57. The second-order valence-electron chi connectivity index (χ2n) is 7.53. The molecule has 0 radical (unpaired) electrons. The van der Waals surface area contributed by atoms with Crippen LogP contribution in [0.2, 0.25) is 0 Å². The van der Waals surface area contributed by atoms with Crippen LogP contribution in [-0.2, 0) is 4.79 Å². The molecule has 1 rings (SSSR count). The predicted octanol–water partition coefficient (Wildman–Crippen LogP) is 1.82. The zero-order valence-corrected chi connectivity index (χ0v) is 13.5.